The standard InChI is InChI=1S/C14H22N2O2/c1-3-5-13(15)14(17)16-9-11-6-4-7-12(8-11)10-18-2/h4,6-8,13H,3,5,9-10,15H2,1-2H3,(H,16,17)/t13-/m0/s1. The number of benzene rings is 1. The lowest BCUT2D eigenvalue weighted by atomic mass is 10.1. The molecule has 0 aliphatic heterocycles. The number of amides is 1. The Morgan fingerprint density at radius 3 is 2.83 bits per heavy atom. The molecule has 1 aromatic carbocycles. The summed E-state index contributed by atoms with van der Waals surface area (Å²) < 4.78 is 5.07. The van der Waals surface area contributed by atoms with Crippen LogP contribution in [0.25, 0.3) is 0 Å². The van der Waals surface area contributed by atoms with Crippen molar-refractivity contribution in [2.45, 2.75) is 39.0 Å². The molecule has 1 rings (SSSR count). The van der Waals surface area contributed by atoms with Gasteiger partial charge in [-0.1, -0.05) is 37.6 Å². The summed E-state index contributed by atoms with van der Waals surface area (Å²) in [6.07, 6.45) is 1.63. The summed E-state index contributed by atoms with van der Waals surface area (Å²) in [5.74, 6) is -0.0889. The molecule has 3 N–H and O–H groups in total. The molecule has 18 heavy (non-hydrogen) atoms. The van der Waals surface area contributed by atoms with Crippen LogP contribution in [0.4, 0.5) is 0 Å². The van der Waals surface area contributed by atoms with Crippen molar-refractivity contribution in [2.75, 3.05) is 7.11 Å². The molecule has 0 bridgehead atoms. The van der Waals surface area contributed by atoms with Crippen molar-refractivity contribution in [1.82, 2.24) is 5.32 Å². The van der Waals surface area contributed by atoms with E-state index in [-0.39, 0.29) is 5.91 Å². The first-order chi connectivity index (χ1) is 8.67. The molecule has 0 fully saturated rings. The topological polar surface area (TPSA) is 64.4 Å². The first-order valence-corrected chi connectivity index (χ1v) is 6.27. The molecule has 4 heteroatoms. The van der Waals surface area contributed by atoms with Crippen LogP contribution in [0.3, 0.4) is 0 Å². The van der Waals surface area contributed by atoms with Crippen molar-refractivity contribution >= 4 is 5.91 Å². The van der Waals surface area contributed by atoms with Crippen molar-refractivity contribution in [3.8, 4) is 0 Å². The largest absolute Gasteiger partial charge is 0.380 e. The Morgan fingerprint density at radius 1 is 1.44 bits per heavy atom. The van der Waals surface area contributed by atoms with Gasteiger partial charge in [-0.25, -0.2) is 0 Å². The number of hydrogen-bond acceptors (Lipinski definition) is 3. The molecule has 0 heterocycles. The lowest BCUT2D eigenvalue weighted by Crippen LogP contribution is -2.40. The van der Waals surface area contributed by atoms with Gasteiger partial charge in [0.25, 0.3) is 0 Å². The summed E-state index contributed by atoms with van der Waals surface area (Å²) in [4.78, 5) is 11.7. The minimum absolute atomic E-state index is 0.0889. The summed E-state index contributed by atoms with van der Waals surface area (Å²) in [5, 5.41) is 2.85. The molecule has 0 aromatic heterocycles. The van der Waals surface area contributed by atoms with Gasteiger partial charge in [-0.15, -0.1) is 0 Å². The maximum absolute atomic E-state index is 11.7. The molecule has 1 atom stereocenters. The van der Waals surface area contributed by atoms with E-state index in [0.717, 1.165) is 24.0 Å². The third-order valence-corrected chi connectivity index (χ3v) is 2.71. The Labute approximate surface area is 109 Å². The van der Waals surface area contributed by atoms with Gasteiger partial charge in [-0.05, 0) is 17.5 Å². The van der Waals surface area contributed by atoms with E-state index in [4.69, 9.17) is 10.5 Å². The molecule has 100 valence electrons. The third kappa shape index (κ3) is 4.85. The number of ether oxygens (including phenoxy) is 1. The SMILES string of the molecule is CCC[C@H](N)C(=O)NCc1cccc(COC)c1. The highest BCUT2D eigenvalue weighted by Crippen LogP contribution is 2.06. The minimum atomic E-state index is -0.405. The number of carbonyl (C=O) groups is 1. The van der Waals surface area contributed by atoms with E-state index in [1.54, 1.807) is 7.11 Å². The van der Waals surface area contributed by atoms with E-state index in [1.165, 1.54) is 0 Å². The zero-order valence-electron chi connectivity index (χ0n) is 11.1. The van der Waals surface area contributed by atoms with Gasteiger partial charge in [-0.2, -0.15) is 0 Å². The molecular weight excluding hydrogens is 228 g/mol. The molecule has 4 nitrogen and oxygen atoms in total. The van der Waals surface area contributed by atoms with Gasteiger partial charge in [0.15, 0.2) is 0 Å². The number of hydrogen-bond donors (Lipinski definition) is 2. The summed E-state index contributed by atoms with van der Waals surface area (Å²) >= 11 is 0. The normalized spacial score (nSPS) is 12.2. The Morgan fingerprint density at radius 2 is 2.17 bits per heavy atom. The number of nitrogens with one attached hydrogen (secondary N) is 1. The Kier molecular flexibility index (Phi) is 6.39. The second-order valence-corrected chi connectivity index (χ2v) is 4.37. The zero-order chi connectivity index (χ0) is 13.4. The molecule has 0 saturated carbocycles. The maximum atomic E-state index is 11.7. The smallest absolute Gasteiger partial charge is 0.237 e. The first-order valence-electron chi connectivity index (χ1n) is 6.27. The fourth-order valence-corrected chi connectivity index (χ4v) is 1.76. The van der Waals surface area contributed by atoms with E-state index < -0.39 is 6.04 Å². The monoisotopic (exact) mass is 250 g/mol. The van der Waals surface area contributed by atoms with E-state index in [9.17, 15) is 4.79 Å². The predicted octanol–water partition coefficient (Wildman–Crippen LogP) is 1.58. The quantitative estimate of drug-likeness (QED) is 0.772. The molecular formula is C14H22N2O2. The third-order valence-electron chi connectivity index (χ3n) is 2.71. The summed E-state index contributed by atoms with van der Waals surface area (Å²) in [5.41, 5.74) is 7.89. The second kappa shape index (κ2) is 7.84. The highest BCUT2D eigenvalue weighted by Gasteiger charge is 2.11. The lowest BCUT2D eigenvalue weighted by Gasteiger charge is -2.11. The Hall–Kier alpha value is -1.39. The van der Waals surface area contributed by atoms with Crippen molar-refractivity contribution in [2.24, 2.45) is 5.73 Å². The van der Waals surface area contributed by atoms with Gasteiger partial charge in [0, 0.05) is 13.7 Å². The summed E-state index contributed by atoms with van der Waals surface area (Å²) in [6.45, 7) is 3.10. The molecule has 1 aromatic rings. The zero-order valence-corrected chi connectivity index (χ0v) is 11.1. The van der Waals surface area contributed by atoms with Crippen LogP contribution >= 0.6 is 0 Å². The fourth-order valence-electron chi connectivity index (χ4n) is 1.76. The number of methoxy groups -OCH3 is 1. The minimum Gasteiger partial charge on any atom is -0.380 e. The average Bonchev–Trinajstić information content (AvgIpc) is 2.37. The van der Waals surface area contributed by atoms with Crippen LogP contribution in [0.15, 0.2) is 24.3 Å². The summed E-state index contributed by atoms with van der Waals surface area (Å²) in [7, 11) is 1.66. The molecule has 0 aliphatic rings. The fraction of sp³-hybridized carbons (Fsp3) is 0.500. The van der Waals surface area contributed by atoms with Crippen LogP contribution in [-0.2, 0) is 22.7 Å². The summed E-state index contributed by atoms with van der Waals surface area (Å²) in [6, 6.07) is 7.55. The van der Waals surface area contributed by atoms with Crippen LogP contribution < -0.4 is 11.1 Å². The molecule has 0 radical (unpaired) electrons. The van der Waals surface area contributed by atoms with Crippen molar-refractivity contribution in [1.29, 1.82) is 0 Å². The Bertz CT molecular complexity index is 380. The van der Waals surface area contributed by atoms with Gasteiger partial charge >= 0.3 is 0 Å². The molecule has 0 aliphatic carbocycles. The first kappa shape index (κ1) is 14.7. The van der Waals surface area contributed by atoms with E-state index in [2.05, 4.69) is 5.32 Å². The number of rotatable bonds is 7. The van der Waals surface area contributed by atoms with Crippen molar-refractivity contribution < 1.29 is 9.53 Å². The highest BCUT2D eigenvalue weighted by atomic mass is 16.5. The van der Waals surface area contributed by atoms with Crippen LogP contribution in [0.5, 0.6) is 0 Å². The second-order valence-electron chi connectivity index (χ2n) is 4.37. The van der Waals surface area contributed by atoms with Gasteiger partial charge in [0.2, 0.25) is 5.91 Å². The van der Waals surface area contributed by atoms with E-state index >= 15 is 0 Å². The Balaban J connectivity index is 2.47. The molecule has 0 unspecified atom stereocenters. The molecule has 0 saturated heterocycles. The molecule has 1 amide bonds. The maximum Gasteiger partial charge on any atom is 0.237 e. The van der Waals surface area contributed by atoms with Crippen LogP contribution in [-0.4, -0.2) is 19.1 Å². The molecule has 0 spiro atoms. The van der Waals surface area contributed by atoms with Crippen molar-refractivity contribution in [3.05, 3.63) is 35.4 Å². The van der Waals surface area contributed by atoms with Gasteiger partial charge in [0.05, 0.1) is 12.6 Å². The van der Waals surface area contributed by atoms with E-state index in [0.29, 0.717) is 13.2 Å². The van der Waals surface area contributed by atoms with Crippen LogP contribution in [0, 0.1) is 0 Å². The predicted molar refractivity (Wildman–Crippen MR) is 71.9 cm³/mol. The number of nitrogens with two attached hydrogens (primary N) is 1. The van der Waals surface area contributed by atoms with Crippen molar-refractivity contribution in [3.63, 3.8) is 0 Å². The van der Waals surface area contributed by atoms with Gasteiger partial charge in [-0.3, -0.25) is 4.79 Å². The van der Waals surface area contributed by atoms with Gasteiger partial charge < -0.3 is 15.8 Å². The lowest BCUT2D eigenvalue weighted by molar-refractivity contribution is -0.122. The van der Waals surface area contributed by atoms with Crippen LogP contribution in [0.1, 0.15) is 30.9 Å². The van der Waals surface area contributed by atoms with Gasteiger partial charge in [0.1, 0.15) is 0 Å². The van der Waals surface area contributed by atoms with E-state index in [1.807, 2.05) is 31.2 Å². The van der Waals surface area contributed by atoms with Crippen LogP contribution in [0.2, 0.25) is 0 Å². The highest BCUT2D eigenvalue weighted by molar-refractivity contribution is 5.81. The number of carbonyl (C=O) groups excluding carboxylic acids is 1. The average molecular weight is 250 g/mol.